The first kappa shape index (κ1) is 15.4. The molecule has 4 aliphatic rings. The van der Waals surface area contributed by atoms with Crippen molar-refractivity contribution in [3.05, 3.63) is 0 Å². The molecule has 1 saturated carbocycles. The van der Waals surface area contributed by atoms with Crippen LogP contribution in [0.25, 0.3) is 0 Å². The van der Waals surface area contributed by atoms with Crippen molar-refractivity contribution in [2.24, 2.45) is 11.3 Å². The van der Waals surface area contributed by atoms with Crippen molar-refractivity contribution in [1.29, 1.82) is 0 Å². The zero-order valence-electron chi connectivity index (χ0n) is 14.2. The third-order valence-corrected chi connectivity index (χ3v) is 6.78. The zero-order valence-corrected chi connectivity index (χ0v) is 14.2. The van der Waals surface area contributed by atoms with Gasteiger partial charge in [-0.15, -0.1) is 0 Å². The summed E-state index contributed by atoms with van der Waals surface area (Å²) in [5, 5.41) is 6.97. The van der Waals surface area contributed by atoms with E-state index in [0.717, 1.165) is 17.4 Å². The molecule has 0 amide bonds. The van der Waals surface area contributed by atoms with Crippen molar-refractivity contribution in [3.8, 4) is 0 Å². The Hall–Kier alpha value is -0.160. The molecule has 0 atom stereocenters. The number of hydrogen-bond donors (Lipinski definition) is 2. The normalized spacial score (nSPS) is 32.2. The number of piperidine rings is 1. The number of rotatable bonds is 3. The largest absolute Gasteiger partial charge is 0.317 e. The van der Waals surface area contributed by atoms with Gasteiger partial charge in [-0.3, -0.25) is 4.90 Å². The fourth-order valence-corrected chi connectivity index (χ4v) is 5.40. The van der Waals surface area contributed by atoms with Gasteiger partial charge >= 0.3 is 0 Å². The second-order valence-corrected chi connectivity index (χ2v) is 8.38. The second kappa shape index (κ2) is 6.76. The Labute approximate surface area is 136 Å². The van der Waals surface area contributed by atoms with E-state index in [-0.39, 0.29) is 0 Å². The average Bonchev–Trinajstić information content (AvgIpc) is 2.56. The van der Waals surface area contributed by atoms with Crippen LogP contribution in [-0.4, -0.2) is 74.7 Å². The first-order valence-electron chi connectivity index (χ1n) is 9.71. The minimum atomic E-state index is 0.720. The molecule has 3 saturated heterocycles. The highest BCUT2D eigenvalue weighted by Gasteiger charge is 2.45. The summed E-state index contributed by atoms with van der Waals surface area (Å²) >= 11 is 0. The second-order valence-electron chi connectivity index (χ2n) is 8.38. The molecule has 4 rings (SSSR count). The van der Waals surface area contributed by atoms with Gasteiger partial charge in [0.25, 0.3) is 0 Å². The van der Waals surface area contributed by atoms with Crippen LogP contribution in [0.5, 0.6) is 0 Å². The molecule has 1 spiro atoms. The molecule has 4 fully saturated rings. The lowest BCUT2D eigenvalue weighted by Crippen LogP contribution is -2.60. The van der Waals surface area contributed by atoms with E-state index in [4.69, 9.17) is 0 Å². The molecule has 22 heavy (non-hydrogen) atoms. The van der Waals surface area contributed by atoms with Crippen LogP contribution in [0.1, 0.15) is 38.5 Å². The highest BCUT2D eigenvalue weighted by molar-refractivity contribution is 5.00. The maximum Gasteiger partial charge on any atom is 0.0110 e. The van der Waals surface area contributed by atoms with E-state index in [1.807, 2.05) is 0 Å². The summed E-state index contributed by atoms with van der Waals surface area (Å²) in [6, 6.07) is 0.895. The predicted octanol–water partition coefficient (Wildman–Crippen LogP) is 1.14. The van der Waals surface area contributed by atoms with E-state index in [2.05, 4.69) is 20.4 Å². The average molecular weight is 306 g/mol. The van der Waals surface area contributed by atoms with Crippen molar-refractivity contribution in [1.82, 2.24) is 20.4 Å². The fourth-order valence-electron chi connectivity index (χ4n) is 5.40. The van der Waals surface area contributed by atoms with Crippen molar-refractivity contribution in [2.75, 3.05) is 58.9 Å². The predicted molar refractivity (Wildman–Crippen MR) is 91.2 cm³/mol. The molecule has 126 valence electrons. The summed E-state index contributed by atoms with van der Waals surface area (Å²) in [7, 11) is 0. The van der Waals surface area contributed by atoms with Crippen molar-refractivity contribution in [3.63, 3.8) is 0 Å². The smallest absolute Gasteiger partial charge is 0.0110 e. The van der Waals surface area contributed by atoms with E-state index in [1.165, 1.54) is 97.4 Å². The maximum absolute atomic E-state index is 3.49. The number of nitrogens with one attached hydrogen (secondary N) is 2. The van der Waals surface area contributed by atoms with Crippen LogP contribution in [-0.2, 0) is 0 Å². The molecule has 0 aromatic rings. The first-order chi connectivity index (χ1) is 10.8. The van der Waals surface area contributed by atoms with Gasteiger partial charge in [0.2, 0.25) is 0 Å². The highest BCUT2D eigenvalue weighted by atomic mass is 15.2. The Morgan fingerprint density at radius 3 is 2.14 bits per heavy atom. The third-order valence-electron chi connectivity index (χ3n) is 6.78. The van der Waals surface area contributed by atoms with E-state index < -0.39 is 0 Å². The quantitative estimate of drug-likeness (QED) is 0.818. The molecule has 0 aromatic heterocycles. The number of likely N-dealkylation sites (tertiary alicyclic amines) is 1. The Morgan fingerprint density at radius 2 is 1.45 bits per heavy atom. The standard InChI is InChI=1S/C18H34N4/c1-5-18(6-2-17(1)22-11-9-20-10-12-22)14-21(15-18)13-16-3-7-19-8-4-16/h16-17,19-20H,1-15H2. The van der Waals surface area contributed by atoms with Crippen molar-refractivity contribution < 1.29 is 0 Å². The van der Waals surface area contributed by atoms with E-state index in [9.17, 15) is 0 Å². The van der Waals surface area contributed by atoms with Gasteiger partial charge in [0, 0.05) is 51.9 Å². The summed E-state index contributed by atoms with van der Waals surface area (Å²) in [5.41, 5.74) is 0.720. The molecule has 3 heterocycles. The van der Waals surface area contributed by atoms with E-state index in [0.29, 0.717) is 0 Å². The van der Waals surface area contributed by atoms with Gasteiger partial charge in [-0.2, -0.15) is 0 Å². The monoisotopic (exact) mass is 306 g/mol. The minimum absolute atomic E-state index is 0.720. The molecule has 0 unspecified atom stereocenters. The third kappa shape index (κ3) is 3.35. The Kier molecular flexibility index (Phi) is 4.72. The van der Waals surface area contributed by atoms with Gasteiger partial charge in [-0.05, 0) is 62.9 Å². The van der Waals surface area contributed by atoms with Crippen LogP contribution in [0.15, 0.2) is 0 Å². The van der Waals surface area contributed by atoms with E-state index >= 15 is 0 Å². The van der Waals surface area contributed by atoms with Crippen LogP contribution < -0.4 is 10.6 Å². The molecule has 4 nitrogen and oxygen atoms in total. The van der Waals surface area contributed by atoms with Crippen LogP contribution in [0.2, 0.25) is 0 Å². The molecule has 2 N–H and O–H groups in total. The Bertz CT molecular complexity index is 337. The first-order valence-corrected chi connectivity index (χ1v) is 9.71. The molecular weight excluding hydrogens is 272 g/mol. The summed E-state index contributed by atoms with van der Waals surface area (Å²) < 4.78 is 0. The van der Waals surface area contributed by atoms with Crippen molar-refractivity contribution >= 4 is 0 Å². The van der Waals surface area contributed by atoms with Gasteiger partial charge in [-0.1, -0.05) is 0 Å². The van der Waals surface area contributed by atoms with Gasteiger partial charge < -0.3 is 15.5 Å². The van der Waals surface area contributed by atoms with Gasteiger partial charge in [0.1, 0.15) is 0 Å². The molecule has 0 aromatic carbocycles. The lowest BCUT2D eigenvalue weighted by Gasteiger charge is -2.55. The number of hydrogen-bond acceptors (Lipinski definition) is 4. The van der Waals surface area contributed by atoms with Crippen LogP contribution in [0, 0.1) is 11.3 Å². The Balaban J connectivity index is 1.19. The molecule has 0 radical (unpaired) electrons. The molecule has 4 heteroatoms. The summed E-state index contributed by atoms with van der Waals surface area (Å²) in [4.78, 5) is 5.52. The van der Waals surface area contributed by atoms with Crippen molar-refractivity contribution in [2.45, 2.75) is 44.6 Å². The lowest BCUT2D eigenvalue weighted by molar-refractivity contribution is -0.0544. The minimum Gasteiger partial charge on any atom is -0.317 e. The summed E-state index contributed by atoms with van der Waals surface area (Å²) in [6.45, 7) is 11.6. The van der Waals surface area contributed by atoms with Crippen LogP contribution in [0.4, 0.5) is 0 Å². The summed E-state index contributed by atoms with van der Waals surface area (Å²) in [5.74, 6) is 0.968. The van der Waals surface area contributed by atoms with Crippen LogP contribution >= 0.6 is 0 Å². The highest BCUT2D eigenvalue weighted by Crippen LogP contribution is 2.45. The number of piperazine rings is 1. The molecule has 1 aliphatic carbocycles. The topological polar surface area (TPSA) is 30.5 Å². The van der Waals surface area contributed by atoms with Gasteiger partial charge in [-0.25, -0.2) is 0 Å². The van der Waals surface area contributed by atoms with E-state index in [1.54, 1.807) is 0 Å². The lowest BCUT2D eigenvalue weighted by atomic mass is 9.67. The summed E-state index contributed by atoms with van der Waals surface area (Å²) in [6.07, 6.45) is 8.69. The Morgan fingerprint density at radius 1 is 0.818 bits per heavy atom. The van der Waals surface area contributed by atoms with Gasteiger partial charge in [0.05, 0.1) is 0 Å². The molecule has 3 aliphatic heterocycles. The SMILES string of the molecule is C1CC(CN2CC3(CCC(N4CCNCC4)CC3)C2)CCN1. The zero-order chi connectivity index (χ0) is 14.8. The molecule has 0 bridgehead atoms. The molecular formula is C18H34N4. The van der Waals surface area contributed by atoms with Crippen LogP contribution in [0.3, 0.4) is 0 Å². The maximum atomic E-state index is 3.49. The fraction of sp³-hybridized carbons (Fsp3) is 1.00. The van der Waals surface area contributed by atoms with Gasteiger partial charge in [0.15, 0.2) is 0 Å². The number of nitrogens with zero attached hydrogens (tertiary/aromatic N) is 2.